The second-order valence-electron chi connectivity index (χ2n) is 4.82. The molecule has 1 rings (SSSR count). The van der Waals surface area contributed by atoms with E-state index in [9.17, 15) is 0 Å². The van der Waals surface area contributed by atoms with Gasteiger partial charge >= 0.3 is 0 Å². The van der Waals surface area contributed by atoms with E-state index in [1.54, 1.807) is 12.4 Å². The maximum atomic E-state index is 5.82. The zero-order chi connectivity index (χ0) is 12.8. The second-order valence-corrected chi connectivity index (χ2v) is 4.82. The van der Waals surface area contributed by atoms with Gasteiger partial charge in [0.05, 0.1) is 17.6 Å². The smallest absolute Gasteiger partial charge is 0.0736 e. The number of nitrogens with zero attached hydrogens (tertiary/aromatic N) is 2. The Bertz CT molecular complexity index is 328. The fraction of sp³-hybridized carbons (Fsp3) is 0.615. The lowest BCUT2D eigenvalue weighted by Crippen LogP contribution is -2.40. The zero-order valence-corrected chi connectivity index (χ0v) is 11.3. The molecule has 1 aromatic heterocycles. The summed E-state index contributed by atoms with van der Waals surface area (Å²) in [4.78, 5) is 6.42. The number of pyridine rings is 1. The van der Waals surface area contributed by atoms with Gasteiger partial charge in [-0.05, 0) is 33.8 Å². The summed E-state index contributed by atoms with van der Waals surface area (Å²) >= 11 is 0. The van der Waals surface area contributed by atoms with Gasteiger partial charge in [-0.2, -0.15) is 0 Å². The Kier molecular flexibility index (Phi) is 5.22. The average molecular weight is 236 g/mol. The number of nitrogens with one attached hydrogen (secondary N) is 1. The number of hydrogen-bond acceptors (Lipinski definition) is 4. The van der Waals surface area contributed by atoms with Crippen LogP contribution in [0.5, 0.6) is 0 Å². The van der Waals surface area contributed by atoms with Gasteiger partial charge in [-0.3, -0.25) is 9.88 Å². The van der Waals surface area contributed by atoms with Crippen LogP contribution in [0.2, 0.25) is 0 Å². The molecule has 4 heteroatoms. The molecule has 0 aliphatic heterocycles. The molecular weight excluding hydrogens is 212 g/mol. The van der Waals surface area contributed by atoms with Crippen molar-refractivity contribution in [1.29, 1.82) is 0 Å². The van der Waals surface area contributed by atoms with Crippen molar-refractivity contribution < 1.29 is 0 Å². The molecule has 0 saturated heterocycles. The van der Waals surface area contributed by atoms with Crippen molar-refractivity contribution >= 4 is 11.4 Å². The number of hydrogen-bond donors (Lipinski definition) is 2. The molecule has 0 aliphatic carbocycles. The lowest BCUT2D eigenvalue weighted by Gasteiger charge is -2.30. The first kappa shape index (κ1) is 13.8. The Morgan fingerprint density at radius 1 is 1.29 bits per heavy atom. The third-order valence-corrected chi connectivity index (χ3v) is 2.86. The maximum absolute atomic E-state index is 5.82. The van der Waals surface area contributed by atoms with Crippen LogP contribution in [0.4, 0.5) is 11.4 Å². The molecule has 0 aliphatic rings. The summed E-state index contributed by atoms with van der Waals surface area (Å²) in [5.74, 6) is 0. The van der Waals surface area contributed by atoms with Crippen molar-refractivity contribution in [3.63, 3.8) is 0 Å². The molecule has 1 aromatic rings. The number of rotatable bonds is 6. The van der Waals surface area contributed by atoms with Gasteiger partial charge in [0.1, 0.15) is 0 Å². The van der Waals surface area contributed by atoms with Crippen molar-refractivity contribution in [2.45, 2.75) is 39.8 Å². The highest BCUT2D eigenvalue weighted by atomic mass is 15.2. The Balaban J connectivity index is 2.44. The van der Waals surface area contributed by atoms with E-state index in [2.05, 4.69) is 42.9 Å². The summed E-state index contributed by atoms with van der Waals surface area (Å²) in [5, 5.41) is 3.35. The molecule has 0 saturated carbocycles. The van der Waals surface area contributed by atoms with Crippen molar-refractivity contribution in [3.8, 4) is 0 Å². The van der Waals surface area contributed by atoms with Gasteiger partial charge in [0.15, 0.2) is 0 Å². The van der Waals surface area contributed by atoms with E-state index >= 15 is 0 Å². The van der Waals surface area contributed by atoms with Crippen LogP contribution in [0.1, 0.15) is 27.7 Å². The molecule has 0 unspecified atom stereocenters. The van der Waals surface area contributed by atoms with E-state index in [0.29, 0.717) is 17.8 Å². The highest BCUT2D eigenvalue weighted by Gasteiger charge is 2.12. The fourth-order valence-corrected chi connectivity index (χ4v) is 2.00. The minimum absolute atomic E-state index is 0.562. The summed E-state index contributed by atoms with van der Waals surface area (Å²) in [7, 11) is 0. The van der Waals surface area contributed by atoms with Crippen LogP contribution in [0.25, 0.3) is 0 Å². The first-order valence-corrected chi connectivity index (χ1v) is 6.21. The zero-order valence-electron chi connectivity index (χ0n) is 11.3. The topological polar surface area (TPSA) is 54.2 Å². The average Bonchev–Trinajstić information content (AvgIpc) is 2.25. The highest BCUT2D eigenvalue weighted by molar-refractivity contribution is 5.64. The Labute approximate surface area is 104 Å². The van der Waals surface area contributed by atoms with Crippen molar-refractivity contribution in [2.75, 3.05) is 24.1 Å². The van der Waals surface area contributed by atoms with Crippen LogP contribution in [-0.2, 0) is 0 Å². The van der Waals surface area contributed by atoms with Gasteiger partial charge in [0.25, 0.3) is 0 Å². The van der Waals surface area contributed by atoms with Crippen molar-refractivity contribution in [2.24, 2.45) is 0 Å². The minimum atomic E-state index is 0.562. The SMILES string of the molecule is CC(C)N(CCNc1ccncc1N)C(C)C. The number of nitrogen functional groups attached to an aromatic ring is 1. The van der Waals surface area contributed by atoms with E-state index in [1.165, 1.54) is 0 Å². The third kappa shape index (κ3) is 4.23. The quantitative estimate of drug-likeness (QED) is 0.795. The van der Waals surface area contributed by atoms with Crippen LogP contribution < -0.4 is 11.1 Å². The molecule has 3 N–H and O–H groups in total. The monoisotopic (exact) mass is 236 g/mol. The summed E-state index contributed by atoms with van der Waals surface area (Å²) in [6.45, 7) is 10.8. The number of aromatic nitrogens is 1. The molecule has 0 radical (unpaired) electrons. The van der Waals surface area contributed by atoms with Gasteiger partial charge < -0.3 is 11.1 Å². The van der Waals surface area contributed by atoms with E-state index in [4.69, 9.17) is 5.73 Å². The molecule has 17 heavy (non-hydrogen) atoms. The van der Waals surface area contributed by atoms with Crippen LogP contribution in [0.3, 0.4) is 0 Å². The molecular formula is C13H24N4. The van der Waals surface area contributed by atoms with E-state index in [-0.39, 0.29) is 0 Å². The molecule has 0 amide bonds. The summed E-state index contributed by atoms with van der Waals surface area (Å²) in [6, 6.07) is 3.03. The minimum Gasteiger partial charge on any atom is -0.396 e. The lowest BCUT2D eigenvalue weighted by atomic mass is 10.2. The Morgan fingerprint density at radius 2 is 1.94 bits per heavy atom. The standard InChI is InChI=1S/C13H24N4/c1-10(2)17(11(3)4)8-7-16-13-5-6-15-9-12(13)14/h5-6,9-11H,7-8,14H2,1-4H3,(H,15,16). The van der Waals surface area contributed by atoms with E-state index in [1.807, 2.05) is 6.07 Å². The van der Waals surface area contributed by atoms with Gasteiger partial charge in [-0.15, -0.1) is 0 Å². The molecule has 0 atom stereocenters. The summed E-state index contributed by atoms with van der Waals surface area (Å²) in [5.41, 5.74) is 7.49. The van der Waals surface area contributed by atoms with Gasteiger partial charge in [-0.25, -0.2) is 0 Å². The van der Waals surface area contributed by atoms with Gasteiger partial charge in [0.2, 0.25) is 0 Å². The Morgan fingerprint density at radius 3 is 2.47 bits per heavy atom. The fourth-order valence-electron chi connectivity index (χ4n) is 2.00. The predicted octanol–water partition coefficient (Wildman–Crippen LogP) is 2.19. The first-order chi connectivity index (χ1) is 8.02. The van der Waals surface area contributed by atoms with E-state index < -0.39 is 0 Å². The third-order valence-electron chi connectivity index (χ3n) is 2.86. The van der Waals surface area contributed by atoms with Gasteiger partial charge in [0, 0.05) is 31.4 Å². The van der Waals surface area contributed by atoms with Crippen LogP contribution in [-0.4, -0.2) is 35.1 Å². The number of anilines is 2. The van der Waals surface area contributed by atoms with Crippen LogP contribution in [0.15, 0.2) is 18.5 Å². The molecule has 0 aromatic carbocycles. The summed E-state index contributed by atoms with van der Waals surface area (Å²) in [6.07, 6.45) is 3.42. The molecule has 1 heterocycles. The largest absolute Gasteiger partial charge is 0.396 e. The second kappa shape index (κ2) is 6.45. The van der Waals surface area contributed by atoms with Crippen LogP contribution >= 0.6 is 0 Å². The van der Waals surface area contributed by atoms with Gasteiger partial charge in [-0.1, -0.05) is 0 Å². The first-order valence-electron chi connectivity index (χ1n) is 6.21. The van der Waals surface area contributed by atoms with E-state index in [0.717, 1.165) is 18.8 Å². The predicted molar refractivity (Wildman–Crippen MR) is 74.1 cm³/mol. The molecule has 0 bridgehead atoms. The van der Waals surface area contributed by atoms with Crippen LogP contribution in [0, 0.1) is 0 Å². The number of nitrogens with two attached hydrogens (primary N) is 1. The Hall–Kier alpha value is -1.29. The normalized spacial score (nSPS) is 11.5. The molecule has 0 spiro atoms. The van der Waals surface area contributed by atoms with Crippen molar-refractivity contribution in [3.05, 3.63) is 18.5 Å². The highest BCUT2D eigenvalue weighted by Crippen LogP contribution is 2.14. The maximum Gasteiger partial charge on any atom is 0.0736 e. The van der Waals surface area contributed by atoms with Crippen molar-refractivity contribution in [1.82, 2.24) is 9.88 Å². The molecule has 96 valence electrons. The molecule has 4 nitrogen and oxygen atoms in total. The molecule has 0 fully saturated rings. The lowest BCUT2D eigenvalue weighted by molar-refractivity contribution is 0.182. The summed E-state index contributed by atoms with van der Waals surface area (Å²) < 4.78 is 0.